The molecule has 0 heterocycles. The largest absolute Gasteiger partial charge is 0.469 e. The molecule has 0 bridgehead atoms. The van der Waals surface area contributed by atoms with Crippen LogP contribution in [0.4, 0.5) is 0 Å². The van der Waals surface area contributed by atoms with Gasteiger partial charge in [-0.25, -0.2) is 0 Å². The van der Waals surface area contributed by atoms with Gasteiger partial charge in [-0.1, -0.05) is 6.92 Å². The molecule has 0 amide bonds. The number of nitrogens with one attached hydrogen (secondary N) is 1. The van der Waals surface area contributed by atoms with Crippen LogP contribution in [0.5, 0.6) is 0 Å². The van der Waals surface area contributed by atoms with Gasteiger partial charge in [0.2, 0.25) is 0 Å². The highest BCUT2D eigenvalue weighted by atomic mass is 16.5. The fourth-order valence-corrected chi connectivity index (χ4v) is 0.504. The lowest BCUT2D eigenvalue weighted by Crippen LogP contribution is -2.15. The predicted octanol–water partition coefficient (Wildman–Crippen LogP) is 0.835. The molecule has 0 fully saturated rings. The smallest absolute Gasteiger partial charge is 0.314 e. The van der Waals surface area contributed by atoms with E-state index in [2.05, 4.69) is 4.74 Å². The van der Waals surface area contributed by atoms with Crippen LogP contribution in [0.2, 0.25) is 0 Å². The molecule has 52 valence electrons. The molecule has 0 saturated heterocycles. The minimum Gasteiger partial charge on any atom is -0.469 e. The number of esters is 1. The van der Waals surface area contributed by atoms with Gasteiger partial charge in [0.15, 0.2) is 0 Å². The number of carbonyl (C=O) groups is 1. The second kappa shape index (κ2) is 4.06. The van der Waals surface area contributed by atoms with Gasteiger partial charge < -0.3 is 10.1 Å². The van der Waals surface area contributed by atoms with Crippen LogP contribution in [-0.4, -0.2) is 19.3 Å². The van der Waals surface area contributed by atoms with Gasteiger partial charge in [0.05, 0.1) is 13.0 Å². The summed E-state index contributed by atoms with van der Waals surface area (Å²) in [7, 11) is 1.33. The lowest BCUT2D eigenvalue weighted by atomic mass is 10.1. The van der Waals surface area contributed by atoms with Gasteiger partial charge in [-0.15, -0.1) is 0 Å². The summed E-state index contributed by atoms with van der Waals surface area (Å²) in [6, 6.07) is 0. The Morgan fingerprint density at radius 2 is 2.44 bits per heavy atom. The number of hydrogen-bond donors (Lipinski definition) is 1. The maximum atomic E-state index is 10.6. The molecule has 0 aromatic rings. The summed E-state index contributed by atoms with van der Waals surface area (Å²) >= 11 is 0. The van der Waals surface area contributed by atoms with Gasteiger partial charge in [-0.2, -0.15) is 0 Å². The Balaban J connectivity index is 3.78. The standard InChI is InChI=1S/C6H11NO2/c1-3-5(4-7)6(8)9-2/h4-5,7H,3H2,1-2H3. The predicted molar refractivity (Wildman–Crippen MR) is 34.6 cm³/mol. The fraction of sp³-hybridized carbons (Fsp3) is 0.667. The van der Waals surface area contributed by atoms with Crippen LogP contribution in [0.3, 0.4) is 0 Å². The topological polar surface area (TPSA) is 50.2 Å². The molecule has 1 atom stereocenters. The molecule has 0 aliphatic heterocycles. The Morgan fingerprint density at radius 3 is 2.56 bits per heavy atom. The average molecular weight is 129 g/mol. The molecule has 1 unspecified atom stereocenters. The summed E-state index contributed by atoms with van der Waals surface area (Å²) in [5.74, 6) is -0.678. The molecule has 0 radical (unpaired) electrons. The van der Waals surface area contributed by atoms with Gasteiger partial charge in [0.1, 0.15) is 0 Å². The molecule has 1 N–H and O–H groups in total. The third kappa shape index (κ3) is 2.26. The zero-order valence-corrected chi connectivity index (χ0v) is 5.68. The maximum Gasteiger partial charge on any atom is 0.314 e. The second-order valence-electron chi connectivity index (χ2n) is 1.70. The zero-order valence-electron chi connectivity index (χ0n) is 5.68. The van der Waals surface area contributed by atoms with Crippen LogP contribution in [0.1, 0.15) is 13.3 Å². The van der Waals surface area contributed by atoms with Crippen molar-refractivity contribution >= 4 is 12.2 Å². The molecule has 0 aliphatic rings. The number of methoxy groups -OCH3 is 1. The first kappa shape index (κ1) is 8.14. The van der Waals surface area contributed by atoms with E-state index in [1.54, 1.807) is 0 Å². The first-order valence-corrected chi connectivity index (χ1v) is 2.84. The minimum absolute atomic E-state index is 0.326. The van der Waals surface area contributed by atoms with Crippen LogP contribution >= 0.6 is 0 Å². The van der Waals surface area contributed by atoms with Crippen molar-refractivity contribution in [1.29, 1.82) is 5.41 Å². The first-order valence-electron chi connectivity index (χ1n) is 2.84. The Kier molecular flexibility index (Phi) is 3.67. The van der Waals surface area contributed by atoms with Crippen LogP contribution in [-0.2, 0) is 9.53 Å². The first-order chi connectivity index (χ1) is 4.26. The van der Waals surface area contributed by atoms with Crippen molar-refractivity contribution in [3.8, 4) is 0 Å². The molecule has 0 saturated carbocycles. The molecular formula is C6H11NO2. The summed E-state index contributed by atoms with van der Waals surface area (Å²) < 4.78 is 4.40. The van der Waals surface area contributed by atoms with Crippen molar-refractivity contribution in [1.82, 2.24) is 0 Å². The zero-order chi connectivity index (χ0) is 7.28. The lowest BCUT2D eigenvalue weighted by molar-refractivity contribution is -0.142. The number of carbonyl (C=O) groups excluding carboxylic acids is 1. The molecule has 0 aliphatic carbocycles. The van der Waals surface area contributed by atoms with Crippen LogP contribution in [0.25, 0.3) is 0 Å². The number of ether oxygens (including phenoxy) is 1. The van der Waals surface area contributed by atoms with Gasteiger partial charge in [-0.3, -0.25) is 4.79 Å². The fourth-order valence-electron chi connectivity index (χ4n) is 0.504. The van der Waals surface area contributed by atoms with E-state index in [4.69, 9.17) is 5.41 Å². The quantitative estimate of drug-likeness (QED) is 0.453. The molecular weight excluding hydrogens is 118 g/mol. The number of hydrogen-bond acceptors (Lipinski definition) is 3. The lowest BCUT2D eigenvalue weighted by Gasteiger charge is -2.03. The van der Waals surface area contributed by atoms with E-state index in [0.29, 0.717) is 6.42 Å². The van der Waals surface area contributed by atoms with Gasteiger partial charge in [-0.05, 0) is 6.42 Å². The van der Waals surface area contributed by atoms with Crippen molar-refractivity contribution in [3.63, 3.8) is 0 Å². The van der Waals surface area contributed by atoms with Crippen LogP contribution in [0.15, 0.2) is 0 Å². The van der Waals surface area contributed by atoms with Crippen molar-refractivity contribution in [2.75, 3.05) is 7.11 Å². The van der Waals surface area contributed by atoms with E-state index in [-0.39, 0.29) is 11.9 Å². The summed E-state index contributed by atoms with van der Waals surface area (Å²) in [5, 5.41) is 6.77. The van der Waals surface area contributed by atoms with Crippen molar-refractivity contribution in [3.05, 3.63) is 0 Å². The Morgan fingerprint density at radius 1 is 1.89 bits per heavy atom. The van der Waals surface area contributed by atoms with E-state index in [1.165, 1.54) is 7.11 Å². The molecule has 0 aromatic heterocycles. The van der Waals surface area contributed by atoms with E-state index in [9.17, 15) is 4.79 Å². The normalized spacial score (nSPS) is 12.2. The Bertz CT molecular complexity index is 112. The van der Waals surface area contributed by atoms with Crippen LogP contribution < -0.4 is 0 Å². The van der Waals surface area contributed by atoms with Crippen LogP contribution in [0, 0.1) is 11.3 Å². The van der Waals surface area contributed by atoms with Gasteiger partial charge in [0, 0.05) is 6.21 Å². The summed E-state index contributed by atoms with van der Waals surface area (Å²) in [4.78, 5) is 10.6. The second-order valence-corrected chi connectivity index (χ2v) is 1.70. The highest BCUT2D eigenvalue weighted by molar-refractivity contribution is 5.88. The Labute approximate surface area is 54.5 Å². The monoisotopic (exact) mass is 129 g/mol. The third-order valence-corrected chi connectivity index (χ3v) is 1.14. The Hall–Kier alpha value is -0.860. The maximum absolute atomic E-state index is 10.6. The van der Waals surface area contributed by atoms with E-state index < -0.39 is 0 Å². The van der Waals surface area contributed by atoms with Gasteiger partial charge in [0.25, 0.3) is 0 Å². The molecule has 3 nitrogen and oxygen atoms in total. The van der Waals surface area contributed by atoms with E-state index >= 15 is 0 Å². The van der Waals surface area contributed by atoms with Crippen molar-refractivity contribution < 1.29 is 9.53 Å². The molecule has 9 heavy (non-hydrogen) atoms. The molecule has 0 aromatic carbocycles. The summed E-state index contributed by atoms with van der Waals surface area (Å²) in [5.41, 5.74) is 0. The third-order valence-electron chi connectivity index (χ3n) is 1.14. The highest BCUT2D eigenvalue weighted by Gasteiger charge is 2.12. The van der Waals surface area contributed by atoms with Gasteiger partial charge >= 0.3 is 5.97 Å². The summed E-state index contributed by atoms with van der Waals surface area (Å²) in [6.45, 7) is 1.84. The minimum atomic E-state index is -0.352. The molecule has 3 heteroatoms. The molecule has 0 spiro atoms. The SMILES string of the molecule is CCC(C=N)C(=O)OC. The van der Waals surface area contributed by atoms with Crippen molar-refractivity contribution in [2.24, 2.45) is 5.92 Å². The summed E-state index contributed by atoms with van der Waals surface area (Å²) in [6.07, 6.45) is 1.74. The van der Waals surface area contributed by atoms with E-state index in [0.717, 1.165) is 6.21 Å². The van der Waals surface area contributed by atoms with Crippen molar-refractivity contribution in [2.45, 2.75) is 13.3 Å². The highest BCUT2D eigenvalue weighted by Crippen LogP contribution is 1.99. The molecule has 0 rings (SSSR count). The van der Waals surface area contributed by atoms with E-state index in [1.807, 2.05) is 6.92 Å². The average Bonchev–Trinajstić information content (AvgIpc) is 1.90. The number of rotatable bonds is 3.